The first-order valence-electron chi connectivity index (χ1n) is 10.7. The highest BCUT2D eigenvalue weighted by Crippen LogP contribution is 2.24. The van der Waals surface area contributed by atoms with Crippen molar-refractivity contribution in [2.45, 2.75) is 40.3 Å². The number of hydrogen-bond donors (Lipinski definition) is 1. The van der Waals surface area contributed by atoms with Crippen LogP contribution in [0.1, 0.15) is 62.1 Å². The molecule has 0 aliphatic carbocycles. The van der Waals surface area contributed by atoms with Crippen LogP contribution in [0.25, 0.3) is 0 Å². The summed E-state index contributed by atoms with van der Waals surface area (Å²) in [6.45, 7) is 7.12. The van der Waals surface area contributed by atoms with Gasteiger partial charge in [0.05, 0.1) is 32.6 Å². The Morgan fingerprint density at radius 1 is 1.15 bits per heavy atom. The maximum atomic E-state index is 13.6. The number of rotatable bonds is 9. The second-order valence-electron chi connectivity index (χ2n) is 7.63. The average Bonchev–Trinajstić information content (AvgIpc) is 3.43. The van der Waals surface area contributed by atoms with E-state index in [0.29, 0.717) is 33.9 Å². The van der Waals surface area contributed by atoms with Crippen LogP contribution in [0.3, 0.4) is 0 Å². The van der Waals surface area contributed by atoms with Gasteiger partial charge >= 0.3 is 5.97 Å². The van der Waals surface area contributed by atoms with Crippen LogP contribution in [-0.4, -0.2) is 47.3 Å². The van der Waals surface area contributed by atoms with Crippen LogP contribution in [0.15, 0.2) is 47.1 Å². The lowest BCUT2D eigenvalue weighted by Crippen LogP contribution is -2.43. The predicted molar refractivity (Wildman–Crippen MR) is 122 cm³/mol. The molecular weight excluding hydrogens is 424 g/mol. The van der Waals surface area contributed by atoms with Crippen molar-refractivity contribution in [2.75, 3.05) is 13.7 Å². The van der Waals surface area contributed by atoms with Crippen LogP contribution < -0.4 is 4.74 Å². The van der Waals surface area contributed by atoms with Crippen molar-refractivity contribution in [3.63, 3.8) is 0 Å². The van der Waals surface area contributed by atoms with Crippen LogP contribution in [0.2, 0.25) is 0 Å². The van der Waals surface area contributed by atoms with Crippen LogP contribution in [0.4, 0.5) is 0 Å². The van der Waals surface area contributed by atoms with Gasteiger partial charge in [-0.3, -0.25) is 9.59 Å². The fraction of sp³-hybridized carbons (Fsp3) is 0.320. The number of aromatic amines is 1. The van der Waals surface area contributed by atoms with E-state index in [-0.39, 0.29) is 30.5 Å². The monoisotopic (exact) mass is 452 g/mol. The molecule has 0 saturated heterocycles. The Hall–Kier alpha value is -3.81. The van der Waals surface area contributed by atoms with E-state index in [2.05, 4.69) is 4.98 Å². The van der Waals surface area contributed by atoms with E-state index in [9.17, 15) is 14.4 Å². The number of ether oxygens (including phenoxy) is 2. The van der Waals surface area contributed by atoms with Crippen LogP contribution in [0.5, 0.6) is 5.75 Å². The fourth-order valence-corrected chi connectivity index (χ4v) is 3.75. The zero-order valence-electron chi connectivity index (χ0n) is 19.4. The molecule has 1 atom stereocenters. The first-order chi connectivity index (χ1) is 15.8. The molecule has 3 aromatic rings. The third-order valence-electron chi connectivity index (χ3n) is 5.49. The van der Waals surface area contributed by atoms with Crippen molar-refractivity contribution in [3.05, 3.63) is 76.5 Å². The van der Waals surface area contributed by atoms with E-state index in [0.717, 1.165) is 0 Å². The Morgan fingerprint density at radius 3 is 2.55 bits per heavy atom. The number of ketones is 1. The van der Waals surface area contributed by atoms with Gasteiger partial charge in [-0.25, -0.2) is 4.79 Å². The van der Waals surface area contributed by atoms with Crippen LogP contribution in [0, 0.1) is 13.8 Å². The SMILES string of the molecule is CCOC(=O)c1[nH]c(C)c(C(=O)C(C)N(Cc2ccco2)C(=O)c2cccc(OC)c2)c1C. The normalized spacial score (nSPS) is 11.7. The first-order valence-corrected chi connectivity index (χ1v) is 10.7. The van der Waals surface area contributed by atoms with Crippen molar-refractivity contribution < 1.29 is 28.3 Å². The molecule has 0 aliphatic rings. The number of benzene rings is 1. The molecule has 1 aromatic carbocycles. The summed E-state index contributed by atoms with van der Waals surface area (Å²) in [5.41, 5.74) is 2.03. The summed E-state index contributed by atoms with van der Waals surface area (Å²) in [6, 6.07) is 9.39. The van der Waals surface area contributed by atoms with Crippen molar-refractivity contribution >= 4 is 17.7 Å². The topological polar surface area (TPSA) is 102 Å². The van der Waals surface area contributed by atoms with Gasteiger partial charge in [0.25, 0.3) is 5.91 Å². The molecule has 0 saturated carbocycles. The number of H-pyrrole nitrogens is 1. The first kappa shape index (κ1) is 23.8. The van der Waals surface area contributed by atoms with Crippen LogP contribution >= 0.6 is 0 Å². The van der Waals surface area contributed by atoms with Crippen molar-refractivity contribution in [1.29, 1.82) is 0 Å². The highest BCUT2D eigenvalue weighted by molar-refractivity contribution is 6.07. The molecule has 2 aromatic heterocycles. The van der Waals surface area contributed by atoms with Gasteiger partial charge in [0.15, 0.2) is 5.78 Å². The number of aryl methyl sites for hydroxylation is 1. The number of hydrogen-bond acceptors (Lipinski definition) is 6. The number of nitrogens with one attached hydrogen (secondary N) is 1. The summed E-state index contributed by atoms with van der Waals surface area (Å²) in [5, 5.41) is 0. The summed E-state index contributed by atoms with van der Waals surface area (Å²) in [5.74, 6) is -0.0817. The number of carbonyl (C=O) groups is 3. The fourth-order valence-electron chi connectivity index (χ4n) is 3.75. The Bertz CT molecular complexity index is 1150. The maximum Gasteiger partial charge on any atom is 0.355 e. The van der Waals surface area contributed by atoms with Gasteiger partial charge in [0.2, 0.25) is 0 Å². The van der Waals surface area contributed by atoms with Gasteiger partial charge in [0.1, 0.15) is 17.2 Å². The summed E-state index contributed by atoms with van der Waals surface area (Å²) in [4.78, 5) is 43.7. The zero-order valence-corrected chi connectivity index (χ0v) is 19.4. The molecule has 1 amide bonds. The van der Waals surface area contributed by atoms with Crippen molar-refractivity contribution in [2.24, 2.45) is 0 Å². The van der Waals surface area contributed by atoms with Gasteiger partial charge in [-0.15, -0.1) is 0 Å². The quantitative estimate of drug-likeness (QED) is 0.383. The smallest absolute Gasteiger partial charge is 0.355 e. The molecule has 33 heavy (non-hydrogen) atoms. The molecule has 1 unspecified atom stereocenters. The number of aromatic nitrogens is 1. The Balaban J connectivity index is 1.98. The number of amides is 1. The predicted octanol–water partition coefficient (Wildman–Crippen LogP) is 4.32. The average molecular weight is 453 g/mol. The lowest BCUT2D eigenvalue weighted by Gasteiger charge is -2.28. The van der Waals surface area contributed by atoms with Gasteiger partial charge in [-0.2, -0.15) is 0 Å². The summed E-state index contributed by atoms with van der Waals surface area (Å²) < 4.78 is 15.8. The molecule has 1 N–H and O–H groups in total. The Morgan fingerprint density at radius 2 is 1.91 bits per heavy atom. The molecule has 0 aliphatic heterocycles. The summed E-state index contributed by atoms with van der Waals surface area (Å²) in [6.07, 6.45) is 1.52. The molecule has 2 heterocycles. The van der Waals surface area contributed by atoms with Gasteiger partial charge in [0, 0.05) is 16.8 Å². The molecule has 0 fully saturated rings. The van der Waals surface area contributed by atoms with Crippen molar-refractivity contribution in [3.8, 4) is 5.75 Å². The minimum absolute atomic E-state index is 0.100. The van der Waals surface area contributed by atoms with E-state index < -0.39 is 12.0 Å². The second kappa shape index (κ2) is 10.2. The standard InChI is InChI=1S/C25H28N2O6/c1-6-32-25(30)22-15(2)21(16(3)26-22)23(28)17(4)27(14-20-11-8-12-33-20)24(29)18-9-7-10-19(13-18)31-5/h7-13,17,26H,6,14H2,1-5H3. The number of Topliss-reactive ketones (excluding diaryl/α,β-unsaturated/α-hetero) is 1. The third kappa shape index (κ3) is 5.00. The van der Waals surface area contributed by atoms with Gasteiger partial charge in [-0.1, -0.05) is 6.07 Å². The molecule has 8 heteroatoms. The van der Waals surface area contributed by atoms with E-state index in [4.69, 9.17) is 13.9 Å². The molecule has 3 rings (SSSR count). The van der Waals surface area contributed by atoms with E-state index in [1.54, 1.807) is 64.1 Å². The number of carbonyl (C=O) groups excluding carboxylic acids is 3. The largest absolute Gasteiger partial charge is 0.497 e. The van der Waals surface area contributed by atoms with E-state index in [1.165, 1.54) is 18.3 Å². The Labute approximate surface area is 192 Å². The minimum atomic E-state index is -0.836. The molecule has 0 radical (unpaired) electrons. The summed E-state index contributed by atoms with van der Waals surface area (Å²) in [7, 11) is 1.52. The van der Waals surface area contributed by atoms with E-state index >= 15 is 0 Å². The zero-order chi connectivity index (χ0) is 24.1. The van der Waals surface area contributed by atoms with Crippen LogP contribution in [-0.2, 0) is 11.3 Å². The lowest BCUT2D eigenvalue weighted by molar-refractivity contribution is 0.0518. The van der Waals surface area contributed by atoms with Gasteiger partial charge < -0.3 is 23.8 Å². The second-order valence-corrected chi connectivity index (χ2v) is 7.63. The highest BCUT2D eigenvalue weighted by atomic mass is 16.5. The molecule has 0 bridgehead atoms. The Kier molecular flexibility index (Phi) is 7.37. The number of furan rings is 1. The molecule has 8 nitrogen and oxygen atoms in total. The van der Waals surface area contributed by atoms with E-state index in [1.807, 2.05) is 0 Å². The number of esters is 1. The molecule has 0 spiro atoms. The number of methoxy groups -OCH3 is 1. The minimum Gasteiger partial charge on any atom is -0.497 e. The maximum absolute atomic E-state index is 13.6. The number of nitrogens with zero attached hydrogens (tertiary/aromatic N) is 1. The van der Waals surface area contributed by atoms with Gasteiger partial charge in [-0.05, 0) is 63.6 Å². The third-order valence-corrected chi connectivity index (χ3v) is 5.49. The lowest BCUT2D eigenvalue weighted by atomic mass is 9.99. The van der Waals surface area contributed by atoms with Crippen molar-refractivity contribution in [1.82, 2.24) is 9.88 Å². The molecular formula is C25H28N2O6. The molecule has 174 valence electrons. The highest BCUT2D eigenvalue weighted by Gasteiger charge is 2.32. The summed E-state index contributed by atoms with van der Waals surface area (Å²) >= 11 is 0.